The average molecular weight is 411 g/mol. The Hall–Kier alpha value is -2.64. The number of aromatic nitrogens is 3. The van der Waals surface area contributed by atoms with E-state index in [1.807, 2.05) is 54.8 Å². The van der Waals surface area contributed by atoms with Crippen LogP contribution in [0.1, 0.15) is 22.5 Å². The molecule has 0 spiro atoms. The zero-order valence-electron chi connectivity index (χ0n) is 17.0. The number of anilines is 1. The highest BCUT2D eigenvalue weighted by atomic mass is 32.2. The van der Waals surface area contributed by atoms with E-state index < -0.39 is 0 Å². The quantitative estimate of drug-likeness (QED) is 0.543. The van der Waals surface area contributed by atoms with Gasteiger partial charge >= 0.3 is 0 Å². The van der Waals surface area contributed by atoms with Gasteiger partial charge in [-0.15, -0.1) is 10.2 Å². The Bertz CT molecular complexity index is 957. The summed E-state index contributed by atoms with van der Waals surface area (Å²) in [6.07, 6.45) is 0.687. The van der Waals surface area contributed by atoms with Crippen molar-refractivity contribution in [1.29, 1.82) is 0 Å². The van der Waals surface area contributed by atoms with E-state index in [-0.39, 0.29) is 11.7 Å². The number of carbonyl (C=O) groups is 1. The van der Waals surface area contributed by atoms with Crippen molar-refractivity contribution in [1.82, 2.24) is 14.8 Å². The minimum atomic E-state index is -0.0606. The van der Waals surface area contributed by atoms with E-state index in [9.17, 15) is 4.79 Å². The van der Waals surface area contributed by atoms with Gasteiger partial charge in [-0.2, -0.15) is 0 Å². The van der Waals surface area contributed by atoms with Crippen LogP contribution >= 0.6 is 11.8 Å². The number of hydrogen-bond acceptors (Lipinski definition) is 5. The molecule has 6 nitrogen and oxygen atoms in total. The van der Waals surface area contributed by atoms with E-state index >= 15 is 0 Å². The third-order valence-electron chi connectivity index (χ3n) is 4.73. The summed E-state index contributed by atoms with van der Waals surface area (Å²) in [7, 11) is 1.67. The molecule has 1 heterocycles. The van der Waals surface area contributed by atoms with Gasteiger partial charge in [0.1, 0.15) is 5.82 Å². The molecule has 1 aromatic heterocycles. The summed E-state index contributed by atoms with van der Waals surface area (Å²) in [5, 5.41) is 12.4. The first kappa shape index (κ1) is 21.1. The second-order valence-corrected chi connectivity index (χ2v) is 7.73. The second kappa shape index (κ2) is 10.2. The van der Waals surface area contributed by atoms with Crippen LogP contribution in [0.3, 0.4) is 0 Å². The number of hydrogen-bond donors (Lipinski definition) is 1. The van der Waals surface area contributed by atoms with E-state index in [4.69, 9.17) is 4.74 Å². The number of nitrogens with zero attached hydrogens (tertiary/aromatic N) is 3. The Kier molecular flexibility index (Phi) is 7.43. The zero-order chi connectivity index (χ0) is 20.6. The summed E-state index contributed by atoms with van der Waals surface area (Å²) < 4.78 is 7.27. The van der Waals surface area contributed by atoms with Crippen molar-refractivity contribution < 1.29 is 9.53 Å². The summed E-state index contributed by atoms with van der Waals surface area (Å²) in [5.41, 5.74) is 4.25. The zero-order valence-corrected chi connectivity index (χ0v) is 17.8. The van der Waals surface area contributed by atoms with E-state index in [1.165, 1.54) is 17.3 Å². The van der Waals surface area contributed by atoms with Gasteiger partial charge in [-0.3, -0.25) is 4.79 Å². The maximum atomic E-state index is 12.5. The van der Waals surface area contributed by atoms with Crippen molar-refractivity contribution >= 4 is 23.4 Å². The molecule has 0 atom stereocenters. The summed E-state index contributed by atoms with van der Waals surface area (Å²) in [6.45, 7) is 5.25. The molecule has 0 aliphatic carbocycles. The van der Waals surface area contributed by atoms with Crippen LogP contribution in [-0.4, -0.2) is 40.1 Å². The Balaban J connectivity index is 1.67. The largest absolute Gasteiger partial charge is 0.383 e. The van der Waals surface area contributed by atoms with Gasteiger partial charge in [0.15, 0.2) is 5.16 Å². The molecule has 3 rings (SSSR count). The van der Waals surface area contributed by atoms with Gasteiger partial charge in [-0.1, -0.05) is 54.2 Å². The molecule has 0 aliphatic heterocycles. The predicted molar refractivity (Wildman–Crippen MR) is 116 cm³/mol. The van der Waals surface area contributed by atoms with Gasteiger partial charge in [0, 0.05) is 25.8 Å². The topological polar surface area (TPSA) is 69.0 Å². The number of rotatable bonds is 9. The van der Waals surface area contributed by atoms with E-state index in [1.54, 1.807) is 7.11 Å². The first-order chi connectivity index (χ1) is 14.1. The Morgan fingerprint density at radius 2 is 1.90 bits per heavy atom. The lowest BCUT2D eigenvalue weighted by Gasteiger charge is -2.11. The highest BCUT2D eigenvalue weighted by Gasteiger charge is 2.15. The van der Waals surface area contributed by atoms with Crippen LogP contribution in [0.15, 0.2) is 53.7 Å². The van der Waals surface area contributed by atoms with Gasteiger partial charge in [-0.25, -0.2) is 0 Å². The molecule has 7 heteroatoms. The fraction of sp³-hybridized carbons (Fsp3) is 0.318. The lowest BCUT2D eigenvalue weighted by atomic mass is 10.1. The molecule has 0 aliphatic rings. The number of carbonyl (C=O) groups excluding carboxylic acids is 1. The van der Waals surface area contributed by atoms with Crippen LogP contribution in [0.2, 0.25) is 0 Å². The van der Waals surface area contributed by atoms with E-state index in [0.717, 1.165) is 27.8 Å². The fourth-order valence-electron chi connectivity index (χ4n) is 2.95. The normalized spacial score (nSPS) is 10.9. The molecular weight excluding hydrogens is 384 g/mol. The third-order valence-corrected chi connectivity index (χ3v) is 5.70. The molecular formula is C22H26N4O2S. The standard InChI is InChI=1S/C22H26N4O2S/c1-16-8-7-11-19(17(16)2)23-21(27)15-29-22-25-24-20(26(22)12-13-28-3)14-18-9-5-4-6-10-18/h4-11H,12-15H2,1-3H3,(H,23,27). The minimum absolute atomic E-state index is 0.0606. The minimum Gasteiger partial charge on any atom is -0.383 e. The molecule has 0 saturated carbocycles. The van der Waals surface area contributed by atoms with Gasteiger partial charge < -0.3 is 14.6 Å². The molecule has 1 N–H and O–H groups in total. The van der Waals surface area contributed by atoms with Crippen molar-refractivity contribution in [2.75, 3.05) is 24.8 Å². The molecule has 29 heavy (non-hydrogen) atoms. The number of nitrogens with one attached hydrogen (secondary N) is 1. The molecule has 0 unspecified atom stereocenters. The summed E-state index contributed by atoms with van der Waals surface area (Å²) >= 11 is 1.39. The van der Waals surface area contributed by atoms with Crippen molar-refractivity contribution in [3.8, 4) is 0 Å². The van der Waals surface area contributed by atoms with Crippen LogP contribution in [0.4, 0.5) is 5.69 Å². The van der Waals surface area contributed by atoms with Gasteiger partial charge in [-0.05, 0) is 36.6 Å². The smallest absolute Gasteiger partial charge is 0.234 e. The van der Waals surface area contributed by atoms with Crippen LogP contribution in [-0.2, 0) is 22.5 Å². The second-order valence-electron chi connectivity index (χ2n) is 6.79. The van der Waals surface area contributed by atoms with Crippen molar-refractivity contribution in [3.63, 3.8) is 0 Å². The van der Waals surface area contributed by atoms with Gasteiger partial charge in [0.2, 0.25) is 5.91 Å². The number of methoxy groups -OCH3 is 1. The monoisotopic (exact) mass is 410 g/mol. The first-order valence-electron chi connectivity index (χ1n) is 9.52. The molecule has 0 fully saturated rings. The highest BCUT2D eigenvalue weighted by molar-refractivity contribution is 7.99. The number of ether oxygens (including phenoxy) is 1. The Labute approximate surface area is 175 Å². The predicted octanol–water partition coefficient (Wildman–Crippen LogP) is 3.86. The average Bonchev–Trinajstić information content (AvgIpc) is 3.10. The molecule has 0 radical (unpaired) electrons. The Morgan fingerprint density at radius 1 is 1.10 bits per heavy atom. The fourth-order valence-corrected chi connectivity index (χ4v) is 3.73. The van der Waals surface area contributed by atoms with Crippen molar-refractivity contribution in [2.45, 2.75) is 32.0 Å². The van der Waals surface area contributed by atoms with E-state index in [2.05, 4.69) is 27.6 Å². The van der Waals surface area contributed by atoms with Crippen LogP contribution < -0.4 is 5.32 Å². The number of thioether (sulfide) groups is 1. The third kappa shape index (κ3) is 5.68. The lowest BCUT2D eigenvalue weighted by molar-refractivity contribution is -0.113. The van der Waals surface area contributed by atoms with Crippen LogP contribution in [0, 0.1) is 13.8 Å². The van der Waals surface area contributed by atoms with Crippen molar-refractivity contribution in [2.24, 2.45) is 0 Å². The van der Waals surface area contributed by atoms with E-state index in [0.29, 0.717) is 19.6 Å². The number of benzene rings is 2. The highest BCUT2D eigenvalue weighted by Crippen LogP contribution is 2.21. The summed E-state index contributed by atoms with van der Waals surface area (Å²) in [6, 6.07) is 16.1. The van der Waals surface area contributed by atoms with Crippen molar-refractivity contribution in [3.05, 3.63) is 71.0 Å². The maximum Gasteiger partial charge on any atom is 0.234 e. The maximum absolute atomic E-state index is 12.5. The number of amides is 1. The van der Waals surface area contributed by atoms with Crippen LogP contribution in [0.25, 0.3) is 0 Å². The van der Waals surface area contributed by atoms with Crippen LogP contribution in [0.5, 0.6) is 0 Å². The summed E-state index contributed by atoms with van der Waals surface area (Å²) in [5.74, 6) is 1.07. The molecule has 3 aromatic rings. The molecule has 0 saturated heterocycles. The molecule has 0 bridgehead atoms. The Morgan fingerprint density at radius 3 is 2.66 bits per heavy atom. The SMILES string of the molecule is COCCn1c(Cc2ccccc2)nnc1SCC(=O)Nc1cccc(C)c1C. The van der Waals surface area contributed by atoms with Gasteiger partial charge in [0.05, 0.1) is 12.4 Å². The molecule has 152 valence electrons. The summed E-state index contributed by atoms with van der Waals surface area (Å²) in [4.78, 5) is 12.5. The number of aryl methyl sites for hydroxylation is 1. The van der Waals surface area contributed by atoms with Gasteiger partial charge in [0.25, 0.3) is 0 Å². The lowest BCUT2D eigenvalue weighted by Crippen LogP contribution is -2.16. The molecule has 1 amide bonds. The molecule has 2 aromatic carbocycles. The first-order valence-corrected chi connectivity index (χ1v) is 10.5.